The zero-order chi connectivity index (χ0) is 43.0. The Hall–Kier alpha value is -3.41. The zero-order valence-electron chi connectivity index (χ0n) is 38.2. The Labute approximate surface area is 363 Å². The van der Waals surface area contributed by atoms with Crippen molar-refractivity contribution in [1.29, 1.82) is 0 Å². The average molecular weight is 821 g/mol. The number of carbonyl (C=O) groups is 3. The Kier molecular flexibility index (Phi) is 44.5. The lowest BCUT2D eigenvalue weighted by Crippen LogP contribution is -2.30. The lowest BCUT2D eigenvalue weighted by molar-refractivity contribution is -0.167. The van der Waals surface area contributed by atoms with Crippen LogP contribution in [0.25, 0.3) is 0 Å². The van der Waals surface area contributed by atoms with Gasteiger partial charge < -0.3 is 14.2 Å². The van der Waals surface area contributed by atoms with E-state index in [9.17, 15) is 14.4 Å². The van der Waals surface area contributed by atoms with Crippen molar-refractivity contribution in [3.05, 3.63) is 85.1 Å². The van der Waals surface area contributed by atoms with Gasteiger partial charge in [0.15, 0.2) is 6.10 Å². The number of unbranched alkanes of at least 4 members (excludes halogenated alkanes) is 21. The average Bonchev–Trinajstić information content (AvgIpc) is 3.23. The van der Waals surface area contributed by atoms with Crippen molar-refractivity contribution in [2.75, 3.05) is 13.2 Å². The molecule has 1 unspecified atom stereocenters. The molecule has 0 spiro atoms. The van der Waals surface area contributed by atoms with Crippen LogP contribution >= 0.6 is 0 Å². The first kappa shape index (κ1) is 55.6. The maximum Gasteiger partial charge on any atom is 0.306 e. The molecule has 0 aliphatic carbocycles. The smallest absolute Gasteiger partial charge is 0.306 e. The van der Waals surface area contributed by atoms with Gasteiger partial charge in [-0.2, -0.15) is 0 Å². The largest absolute Gasteiger partial charge is 0.462 e. The molecule has 0 rings (SSSR count). The van der Waals surface area contributed by atoms with E-state index in [0.717, 1.165) is 96.3 Å². The maximum absolute atomic E-state index is 12.7. The van der Waals surface area contributed by atoms with Gasteiger partial charge in [-0.3, -0.25) is 14.4 Å². The predicted molar refractivity (Wildman–Crippen MR) is 251 cm³/mol. The molecule has 0 aromatic rings. The molecule has 0 fully saturated rings. The summed E-state index contributed by atoms with van der Waals surface area (Å²) in [5.74, 6) is -0.984. The monoisotopic (exact) mass is 821 g/mol. The van der Waals surface area contributed by atoms with Crippen LogP contribution in [-0.2, 0) is 28.6 Å². The van der Waals surface area contributed by atoms with Gasteiger partial charge >= 0.3 is 17.9 Å². The predicted octanol–water partition coefficient (Wildman–Crippen LogP) is 15.6. The highest BCUT2D eigenvalue weighted by molar-refractivity contribution is 5.71. The first-order chi connectivity index (χ1) is 29.0. The SMILES string of the molecule is CC\C=C/C=C\C=C/C=C\C=C/CCCCCC(=O)OCC(COC(=O)CCCCC/C=C\CCCCCCCC)OC(=O)CCCCC/C=C\CCCCCCCC. The molecule has 336 valence electrons. The van der Waals surface area contributed by atoms with E-state index >= 15 is 0 Å². The van der Waals surface area contributed by atoms with Crippen molar-refractivity contribution in [3.63, 3.8) is 0 Å². The van der Waals surface area contributed by atoms with Crippen LogP contribution in [0.15, 0.2) is 85.1 Å². The zero-order valence-corrected chi connectivity index (χ0v) is 38.2. The van der Waals surface area contributed by atoms with E-state index in [1.54, 1.807) is 0 Å². The second-order valence-electron chi connectivity index (χ2n) is 15.8. The van der Waals surface area contributed by atoms with Crippen molar-refractivity contribution in [2.24, 2.45) is 0 Å². The minimum atomic E-state index is -0.806. The summed E-state index contributed by atoms with van der Waals surface area (Å²) >= 11 is 0. The van der Waals surface area contributed by atoms with Gasteiger partial charge in [0.2, 0.25) is 0 Å². The van der Waals surface area contributed by atoms with Gasteiger partial charge in [0, 0.05) is 19.3 Å². The van der Waals surface area contributed by atoms with Gasteiger partial charge in [-0.1, -0.05) is 189 Å². The van der Waals surface area contributed by atoms with Crippen molar-refractivity contribution < 1.29 is 28.6 Å². The number of hydrogen-bond donors (Lipinski definition) is 0. The number of hydrogen-bond acceptors (Lipinski definition) is 6. The number of ether oxygens (including phenoxy) is 3. The summed E-state index contributed by atoms with van der Waals surface area (Å²) in [4.78, 5) is 37.8. The second-order valence-corrected chi connectivity index (χ2v) is 15.8. The molecule has 6 heteroatoms. The molecule has 0 saturated carbocycles. The molecule has 0 aliphatic heterocycles. The van der Waals surface area contributed by atoms with Gasteiger partial charge in [-0.15, -0.1) is 0 Å². The van der Waals surface area contributed by atoms with Crippen molar-refractivity contribution in [1.82, 2.24) is 0 Å². The molecule has 0 radical (unpaired) electrons. The van der Waals surface area contributed by atoms with Crippen LogP contribution in [0.1, 0.15) is 213 Å². The van der Waals surface area contributed by atoms with Crippen LogP contribution in [0.3, 0.4) is 0 Å². The van der Waals surface area contributed by atoms with Gasteiger partial charge in [0.05, 0.1) is 0 Å². The third kappa shape index (κ3) is 45.5. The third-order valence-corrected chi connectivity index (χ3v) is 9.98. The van der Waals surface area contributed by atoms with Crippen LogP contribution < -0.4 is 0 Å². The maximum atomic E-state index is 12.7. The molecule has 0 saturated heterocycles. The highest BCUT2D eigenvalue weighted by atomic mass is 16.6. The molecule has 0 aromatic carbocycles. The molecule has 0 aromatic heterocycles. The topological polar surface area (TPSA) is 78.9 Å². The van der Waals surface area contributed by atoms with E-state index in [1.807, 2.05) is 48.6 Å². The normalized spacial score (nSPS) is 12.8. The van der Waals surface area contributed by atoms with Crippen molar-refractivity contribution >= 4 is 17.9 Å². The Balaban J connectivity index is 4.52. The number of esters is 3. The summed E-state index contributed by atoms with van der Waals surface area (Å²) in [6.45, 7) is 6.40. The number of allylic oxidation sites excluding steroid dienone is 14. The summed E-state index contributed by atoms with van der Waals surface area (Å²) < 4.78 is 16.7. The number of rotatable bonds is 42. The lowest BCUT2D eigenvalue weighted by atomic mass is 10.1. The van der Waals surface area contributed by atoms with Crippen molar-refractivity contribution in [2.45, 2.75) is 219 Å². The summed E-state index contributed by atoms with van der Waals surface area (Å²) in [5, 5.41) is 0. The van der Waals surface area contributed by atoms with Crippen LogP contribution in [0.4, 0.5) is 0 Å². The molecule has 0 amide bonds. The molecule has 6 nitrogen and oxygen atoms in total. The quantitative estimate of drug-likeness (QED) is 0.0201. The first-order valence-electron chi connectivity index (χ1n) is 24.2. The summed E-state index contributed by atoms with van der Waals surface area (Å²) in [5.41, 5.74) is 0. The molecule has 0 bridgehead atoms. The molecule has 0 heterocycles. The molecular formula is C53H88O6. The standard InChI is InChI=1S/C53H88O6/c1-4-7-10-13-16-19-22-25-26-29-31-34-37-40-43-46-52(55)58-49-50(59-53(56)47-44-41-38-35-32-28-24-21-18-15-12-9-6-3)48-57-51(54)45-42-39-36-33-30-27-23-20-17-14-11-8-5-2/h7,10,13,16,19,22,25-32,50H,4-6,8-9,11-12,14-15,17-18,20-21,23-24,33-49H2,1-3H3/b10-7-,16-13-,22-19-,26-25-,30-27-,31-29-,32-28-. The van der Waals surface area contributed by atoms with Gasteiger partial charge in [0.1, 0.15) is 13.2 Å². The fraction of sp³-hybridized carbons (Fsp3) is 0.679. The number of carbonyl (C=O) groups excluding carboxylic acids is 3. The van der Waals surface area contributed by atoms with E-state index in [1.165, 1.54) is 77.0 Å². The van der Waals surface area contributed by atoms with E-state index in [4.69, 9.17) is 14.2 Å². The van der Waals surface area contributed by atoms with Crippen LogP contribution in [0, 0.1) is 0 Å². The Morgan fingerprint density at radius 2 is 0.678 bits per heavy atom. The van der Waals surface area contributed by atoms with E-state index in [-0.39, 0.29) is 31.1 Å². The highest BCUT2D eigenvalue weighted by Gasteiger charge is 2.19. The molecule has 59 heavy (non-hydrogen) atoms. The van der Waals surface area contributed by atoms with Gasteiger partial charge in [0.25, 0.3) is 0 Å². The van der Waals surface area contributed by atoms with E-state index < -0.39 is 6.10 Å². The highest BCUT2D eigenvalue weighted by Crippen LogP contribution is 2.12. The van der Waals surface area contributed by atoms with E-state index in [0.29, 0.717) is 19.3 Å². The second kappa shape index (κ2) is 47.3. The molecular weight excluding hydrogens is 733 g/mol. The fourth-order valence-corrected chi connectivity index (χ4v) is 6.33. The summed E-state index contributed by atoms with van der Waals surface area (Å²) in [7, 11) is 0. The fourth-order valence-electron chi connectivity index (χ4n) is 6.33. The lowest BCUT2D eigenvalue weighted by Gasteiger charge is -2.18. The summed E-state index contributed by atoms with van der Waals surface area (Å²) in [6.07, 6.45) is 59.9. The van der Waals surface area contributed by atoms with Crippen LogP contribution in [0.2, 0.25) is 0 Å². The Morgan fingerprint density at radius 3 is 1.08 bits per heavy atom. The van der Waals surface area contributed by atoms with Crippen molar-refractivity contribution in [3.8, 4) is 0 Å². The van der Waals surface area contributed by atoms with E-state index in [2.05, 4.69) is 57.2 Å². The Morgan fingerprint density at radius 1 is 0.356 bits per heavy atom. The molecule has 0 aliphatic rings. The van der Waals surface area contributed by atoms with Crippen LogP contribution in [0.5, 0.6) is 0 Å². The third-order valence-electron chi connectivity index (χ3n) is 9.98. The van der Waals surface area contributed by atoms with Gasteiger partial charge in [-0.05, 0) is 89.9 Å². The minimum Gasteiger partial charge on any atom is -0.462 e. The molecule has 1 atom stereocenters. The van der Waals surface area contributed by atoms with Gasteiger partial charge in [-0.25, -0.2) is 0 Å². The van der Waals surface area contributed by atoms with Crippen LogP contribution in [-0.4, -0.2) is 37.2 Å². The minimum absolute atomic E-state index is 0.105. The summed E-state index contributed by atoms with van der Waals surface area (Å²) in [6, 6.07) is 0. The Bertz CT molecular complexity index is 1170. The molecule has 0 N–H and O–H groups in total. The first-order valence-corrected chi connectivity index (χ1v) is 24.2.